The van der Waals surface area contributed by atoms with Gasteiger partial charge in [0.05, 0.1) is 6.10 Å². The number of hydrogen-bond acceptors (Lipinski definition) is 5. The van der Waals surface area contributed by atoms with Crippen LogP contribution in [0.2, 0.25) is 0 Å². The zero-order valence-electron chi connectivity index (χ0n) is 6.42. The molecule has 1 aliphatic rings. The second-order valence-electron chi connectivity index (χ2n) is 3.04. The summed E-state index contributed by atoms with van der Waals surface area (Å²) in [6, 6.07) is 0. The van der Waals surface area contributed by atoms with Gasteiger partial charge in [-0.05, 0) is 0 Å². The summed E-state index contributed by atoms with van der Waals surface area (Å²) in [5.41, 5.74) is 0. The molecule has 0 saturated heterocycles. The van der Waals surface area contributed by atoms with Crippen LogP contribution in [0.3, 0.4) is 0 Å². The van der Waals surface area contributed by atoms with Gasteiger partial charge in [0.15, 0.2) is 5.78 Å². The molecule has 70 valence electrons. The van der Waals surface area contributed by atoms with Gasteiger partial charge in [-0.25, -0.2) is 0 Å². The number of rotatable bonds is 1. The van der Waals surface area contributed by atoms with Crippen LogP contribution < -0.4 is 0 Å². The lowest BCUT2D eigenvalue weighted by atomic mass is 9.82. The van der Waals surface area contributed by atoms with Gasteiger partial charge in [-0.2, -0.15) is 0 Å². The third-order valence-electron chi connectivity index (χ3n) is 2.18. The van der Waals surface area contributed by atoms with E-state index in [2.05, 4.69) is 0 Å². The summed E-state index contributed by atoms with van der Waals surface area (Å²) >= 11 is 0. The van der Waals surface area contributed by atoms with E-state index in [-0.39, 0.29) is 13.0 Å². The van der Waals surface area contributed by atoms with E-state index in [1.54, 1.807) is 0 Å². The first kappa shape index (κ1) is 9.60. The summed E-state index contributed by atoms with van der Waals surface area (Å²) < 4.78 is 0. The number of ketones is 1. The Morgan fingerprint density at radius 3 is 2.33 bits per heavy atom. The highest BCUT2D eigenvalue weighted by Crippen LogP contribution is 2.22. The molecule has 0 spiro atoms. The average Bonchev–Trinajstić information content (AvgIpc) is 2.08. The van der Waals surface area contributed by atoms with Crippen molar-refractivity contribution < 1.29 is 25.2 Å². The number of carbonyl (C=O) groups excluding carboxylic acids is 1. The highest BCUT2D eigenvalue weighted by Gasteiger charge is 2.41. The first-order valence-corrected chi connectivity index (χ1v) is 3.75. The van der Waals surface area contributed by atoms with Crippen LogP contribution in [0.4, 0.5) is 0 Å². The largest absolute Gasteiger partial charge is 0.396 e. The zero-order chi connectivity index (χ0) is 9.30. The van der Waals surface area contributed by atoms with Gasteiger partial charge in [-0.3, -0.25) is 4.79 Å². The fraction of sp³-hybridized carbons (Fsp3) is 0.857. The Morgan fingerprint density at radius 1 is 1.25 bits per heavy atom. The Morgan fingerprint density at radius 2 is 1.83 bits per heavy atom. The summed E-state index contributed by atoms with van der Waals surface area (Å²) in [5, 5.41) is 36.0. The summed E-state index contributed by atoms with van der Waals surface area (Å²) in [4.78, 5) is 10.9. The van der Waals surface area contributed by atoms with Crippen molar-refractivity contribution in [3.8, 4) is 0 Å². The van der Waals surface area contributed by atoms with Gasteiger partial charge in [-0.1, -0.05) is 0 Å². The van der Waals surface area contributed by atoms with Crippen molar-refractivity contribution in [1.29, 1.82) is 0 Å². The predicted molar refractivity (Wildman–Crippen MR) is 38.2 cm³/mol. The lowest BCUT2D eigenvalue weighted by molar-refractivity contribution is -0.156. The van der Waals surface area contributed by atoms with E-state index in [4.69, 9.17) is 15.3 Å². The molecule has 0 aliphatic heterocycles. The molecule has 0 bridgehead atoms. The molecule has 0 heterocycles. The fourth-order valence-corrected chi connectivity index (χ4v) is 1.33. The Bertz CT molecular complexity index is 179. The van der Waals surface area contributed by atoms with Gasteiger partial charge in [0.2, 0.25) is 0 Å². The molecular formula is C7H12O5. The normalized spacial score (nSPS) is 43.2. The molecule has 0 aromatic heterocycles. The van der Waals surface area contributed by atoms with Gasteiger partial charge in [0.25, 0.3) is 0 Å². The molecule has 4 atom stereocenters. The number of aliphatic hydroxyl groups is 4. The standard InChI is InChI=1S/C7H12O5/c8-2-3-1-4(9)6(11)7(12)5(3)10/h3,5-8,10-12H,1-2H2/t3-,5-,6+,7+/m1/s1. The van der Waals surface area contributed by atoms with Crippen LogP contribution in [0.5, 0.6) is 0 Å². The van der Waals surface area contributed by atoms with Crippen LogP contribution in [0.15, 0.2) is 0 Å². The molecule has 0 amide bonds. The van der Waals surface area contributed by atoms with Crippen molar-refractivity contribution in [2.75, 3.05) is 6.61 Å². The molecule has 1 fully saturated rings. The van der Waals surface area contributed by atoms with E-state index in [1.807, 2.05) is 0 Å². The smallest absolute Gasteiger partial charge is 0.164 e. The van der Waals surface area contributed by atoms with Crippen molar-refractivity contribution in [2.24, 2.45) is 5.92 Å². The maximum Gasteiger partial charge on any atom is 0.164 e. The zero-order valence-corrected chi connectivity index (χ0v) is 6.42. The first-order valence-electron chi connectivity index (χ1n) is 3.75. The second-order valence-corrected chi connectivity index (χ2v) is 3.04. The van der Waals surface area contributed by atoms with Gasteiger partial charge < -0.3 is 20.4 Å². The minimum atomic E-state index is -1.51. The van der Waals surface area contributed by atoms with E-state index in [1.165, 1.54) is 0 Å². The van der Waals surface area contributed by atoms with E-state index in [9.17, 15) is 9.90 Å². The monoisotopic (exact) mass is 176 g/mol. The molecule has 1 saturated carbocycles. The summed E-state index contributed by atoms with van der Waals surface area (Å²) in [6.45, 7) is -0.364. The minimum Gasteiger partial charge on any atom is -0.396 e. The molecule has 1 aliphatic carbocycles. The lowest BCUT2D eigenvalue weighted by Crippen LogP contribution is -2.52. The predicted octanol–water partition coefficient (Wildman–Crippen LogP) is -2.35. The number of Topliss-reactive ketones (excluding diaryl/α,β-unsaturated/α-hetero) is 1. The minimum absolute atomic E-state index is 0.0874. The Hall–Kier alpha value is -0.490. The topological polar surface area (TPSA) is 98.0 Å². The van der Waals surface area contributed by atoms with Gasteiger partial charge in [0, 0.05) is 18.9 Å². The van der Waals surface area contributed by atoms with E-state index < -0.39 is 30.0 Å². The quantitative estimate of drug-likeness (QED) is 0.358. The molecule has 1 rings (SSSR count). The maximum absolute atomic E-state index is 10.9. The van der Waals surface area contributed by atoms with Crippen LogP contribution in [0, 0.1) is 5.92 Å². The SMILES string of the molecule is O=C1C[C@H](CO)[C@@H](O)[C@H](O)[C@H]1O. The average molecular weight is 176 g/mol. The molecule has 0 aromatic rings. The second kappa shape index (κ2) is 3.49. The Balaban J connectivity index is 2.70. The van der Waals surface area contributed by atoms with Crippen molar-refractivity contribution in [1.82, 2.24) is 0 Å². The number of aliphatic hydroxyl groups excluding tert-OH is 4. The highest BCUT2D eigenvalue weighted by atomic mass is 16.4. The van der Waals surface area contributed by atoms with Crippen LogP contribution in [0.1, 0.15) is 6.42 Å². The Labute approximate surface area is 69.3 Å². The molecule has 5 nitrogen and oxygen atoms in total. The van der Waals surface area contributed by atoms with Crippen LogP contribution in [-0.4, -0.2) is 51.1 Å². The van der Waals surface area contributed by atoms with E-state index >= 15 is 0 Å². The maximum atomic E-state index is 10.9. The molecular weight excluding hydrogens is 164 g/mol. The number of carbonyl (C=O) groups is 1. The van der Waals surface area contributed by atoms with Crippen molar-refractivity contribution in [3.05, 3.63) is 0 Å². The fourth-order valence-electron chi connectivity index (χ4n) is 1.33. The van der Waals surface area contributed by atoms with Gasteiger partial charge >= 0.3 is 0 Å². The summed E-state index contributed by atoms with van der Waals surface area (Å²) in [6.07, 6.45) is -4.29. The Kier molecular flexibility index (Phi) is 2.79. The molecule has 0 radical (unpaired) electrons. The van der Waals surface area contributed by atoms with Crippen molar-refractivity contribution in [2.45, 2.75) is 24.7 Å². The van der Waals surface area contributed by atoms with E-state index in [0.717, 1.165) is 0 Å². The highest BCUT2D eigenvalue weighted by molar-refractivity contribution is 5.84. The first-order chi connectivity index (χ1) is 5.57. The lowest BCUT2D eigenvalue weighted by Gasteiger charge is -2.32. The number of hydrogen-bond donors (Lipinski definition) is 4. The van der Waals surface area contributed by atoms with Gasteiger partial charge in [0.1, 0.15) is 12.2 Å². The third kappa shape index (κ3) is 1.49. The molecule has 5 heteroatoms. The summed E-state index contributed by atoms with van der Waals surface area (Å²) in [7, 11) is 0. The molecule has 0 unspecified atom stereocenters. The van der Waals surface area contributed by atoms with Crippen LogP contribution >= 0.6 is 0 Å². The molecule has 0 aromatic carbocycles. The molecule has 12 heavy (non-hydrogen) atoms. The van der Waals surface area contributed by atoms with Crippen molar-refractivity contribution in [3.63, 3.8) is 0 Å². The van der Waals surface area contributed by atoms with E-state index in [0.29, 0.717) is 0 Å². The van der Waals surface area contributed by atoms with Gasteiger partial charge in [-0.15, -0.1) is 0 Å². The molecule has 4 N–H and O–H groups in total. The van der Waals surface area contributed by atoms with Crippen LogP contribution in [-0.2, 0) is 4.79 Å². The van der Waals surface area contributed by atoms with Crippen molar-refractivity contribution >= 4 is 5.78 Å². The van der Waals surface area contributed by atoms with Crippen LogP contribution in [0.25, 0.3) is 0 Å². The summed E-state index contributed by atoms with van der Waals surface area (Å²) in [5.74, 6) is -1.19. The third-order valence-corrected chi connectivity index (χ3v) is 2.18.